The largest absolute Gasteiger partial charge is 0.493 e. The van der Waals surface area contributed by atoms with Crippen LogP contribution in [0.4, 0.5) is 0 Å². The molecule has 1 aromatic heterocycles. The van der Waals surface area contributed by atoms with E-state index in [0.717, 1.165) is 22.4 Å². The number of benzene rings is 1. The molecule has 0 unspecified atom stereocenters. The van der Waals surface area contributed by atoms with Gasteiger partial charge in [-0.2, -0.15) is 4.80 Å². The average molecular weight is 289 g/mol. The molecule has 0 fully saturated rings. The van der Waals surface area contributed by atoms with E-state index < -0.39 is 0 Å². The minimum absolute atomic E-state index is 0.309. The van der Waals surface area contributed by atoms with Crippen molar-refractivity contribution in [3.63, 3.8) is 0 Å². The molecule has 0 saturated heterocycles. The Morgan fingerprint density at radius 1 is 1.33 bits per heavy atom. The van der Waals surface area contributed by atoms with Gasteiger partial charge in [-0.15, -0.1) is 10.2 Å². The second-order valence-electron chi connectivity index (χ2n) is 4.96. The Morgan fingerprint density at radius 3 is 2.52 bits per heavy atom. The van der Waals surface area contributed by atoms with Crippen molar-refractivity contribution in [2.24, 2.45) is 12.8 Å². The van der Waals surface area contributed by atoms with Crippen LogP contribution in [0.5, 0.6) is 5.75 Å². The number of nitrogens with zero attached hydrogens (tertiary/aromatic N) is 4. The molecule has 112 valence electrons. The van der Waals surface area contributed by atoms with Gasteiger partial charge in [0.25, 0.3) is 0 Å². The molecule has 0 saturated carbocycles. The van der Waals surface area contributed by atoms with Crippen molar-refractivity contribution < 1.29 is 9.53 Å². The van der Waals surface area contributed by atoms with Crippen LogP contribution in [-0.2, 0) is 11.8 Å². The summed E-state index contributed by atoms with van der Waals surface area (Å²) in [6, 6.07) is 3.93. The van der Waals surface area contributed by atoms with Crippen LogP contribution in [0, 0.1) is 13.8 Å². The van der Waals surface area contributed by atoms with Gasteiger partial charge in [-0.1, -0.05) is 0 Å². The second kappa shape index (κ2) is 6.34. The molecule has 2 rings (SSSR count). The first kappa shape index (κ1) is 15.0. The summed E-state index contributed by atoms with van der Waals surface area (Å²) in [6.07, 6.45) is 0.946. The highest BCUT2D eigenvalue weighted by Crippen LogP contribution is 2.28. The van der Waals surface area contributed by atoms with Gasteiger partial charge in [0.2, 0.25) is 11.7 Å². The molecule has 0 radical (unpaired) electrons. The number of carbonyl (C=O) groups is 1. The fourth-order valence-electron chi connectivity index (χ4n) is 2.13. The molecule has 2 aromatic rings. The van der Waals surface area contributed by atoms with E-state index in [4.69, 9.17) is 10.5 Å². The lowest BCUT2D eigenvalue weighted by Gasteiger charge is -2.13. The van der Waals surface area contributed by atoms with Crippen molar-refractivity contribution in [1.29, 1.82) is 0 Å². The summed E-state index contributed by atoms with van der Waals surface area (Å²) < 4.78 is 5.74. The quantitative estimate of drug-likeness (QED) is 0.804. The number of primary amides is 1. The standard InChI is InChI=1S/C14H19N5O2/c1-9-7-11(14-16-18-19(3)17-14)8-10(2)13(9)21-6-4-5-12(15)20/h7-8H,4-6H2,1-3H3,(H2,15,20). The van der Waals surface area contributed by atoms with Crippen molar-refractivity contribution in [2.45, 2.75) is 26.7 Å². The molecule has 2 N–H and O–H groups in total. The smallest absolute Gasteiger partial charge is 0.217 e. The van der Waals surface area contributed by atoms with Crippen LogP contribution in [0.2, 0.25) is 0 Å². The predicted molar refractivity (Wildman–Crippen MR) is 77.6 cm³/mol. The summed E-state index contributed by atoms with van der Waals surface area (Å²) >= 11 is 0. The fourth-order valence-corrected chi connectivity index (χ4v) is 2.13. The van der Waals surface area contributed by atoms with Crippen molar-refractivity contribution in [1.82, 2.24) is 20.2 Å². The molecule has 1 aromatic carbocycles. The molecule has 0 atom stereocenters. The van der Waals surface area contributed by atoms with Gasteiger partial charge in [0.15, 0.2) is 0 Å². The lowest BCUT2D eigenvalue weighted by atomic mass is 10.1. The number of nitrogens with two attached hydrogens (primary N) is 1. The van der Waals surface area contributed by atoms with E-state index in [1.807, 2.05) is 26.0 Å². The number of aryl methyl sites for hydroxylation is 3. The zero-order valence-corrected chi connectivity index (χ0v) is 12.5. The first-order valence-electron chi connectivity index (χ1n) is 6.74. The van der Waals surface area contributed by atoms with Crippen LogP contribution in [0.3, 0.4) is 0 Å². The Kier molecular flexibility index (Phi) is 4.52. The Hall–Kier alpha value is -2.44. The van der Waals surface area contributed by atoms with Crippen molar-refractivity contribution in [3.05, 3.63) is 23.3 Å². The lowest BCUT2D eigenvalue weighted by molar-refractivity contribution is -0.118. The summed E-state index contributed by atoms with van der Waals surface area (Å²) in [5.41, 5.74) is 8.00. The first-order chi connectivity index (χ1) is 9.97. The van der Waals surface area contributed by atoms with Crippen LogP contribution in [0.25, 0.3) is 11.4 Å². The molecule has 7 heteroatoms. The minimum atomic E-state index is -0.309. The second-order valence-corrected chi connectivity index (χ2v) is 4.96. The minimum Gasteiger partial charge on any atom is -0.493 e. The topological polar surface area (TPSA) is 95.9 Å². The van der Waals surface area contributed by atoms with E-state index in [9.17, 15) is 4.79 Å². The third kappa shape index (κ3) is 3.77. The Labute approximate surface area is 123 Å². The van der Waals surface area contributed by atoms with Gasteiger partial charge < -0.3 is 10.5 Å². The number of aromatic nitrogens is 4. The number of hydrogen-bond acceptors (Lipinski definition) is 5. The molecule has 1 amide bonds. The normalized spacial score (nSPS) is 10.6. The Balaban J connectivity index is 2.12. The average Bonchev–Trinajstić information content (AvgIpc) is 2.83. The number of amides is 1. The molecule has 0 spiro atoms. The van der Waals surface area contributed by atoms with Crippen molar-refractivity contribution in [2.75, 3.05) is 6.61 Å². The maximum atomic E-state index is 10.7. The van der Waals surface area contributed by atoms with E-state index in [1.54, 1.807) is 7.05 Å². The molecule has 0 aliphatic heterocycles. The van der Waals surface area contributed by atoms with Gasteiger partial charge in [0.05, 0.1) is 13.7 Å². The van der Waals surface area contributed by atoms with Gasteiger partial charge in [-0.25, -0.2) is 0 Å². The molecule has 1 heterocycles. The summed E-state index contributed by atoms with van der Waals surface area (Å²) in [7, 11) is 1.73. The zero-order chi connectivity index (χ0) is 15.4. The van der Waals surface area contributed by atoms with Crippen LogP contribution < -0.4 is 10.5 Å². The number of ether oxygens (including phenoxy) is 1. The van der Waals surface area contributed by atoms with Crippen LogP contribution in [0.1, 0.15) is 24.0 Å². The third-order valence-electron chi connectivity index (χ3n) is 3.04. The number of tetrazole rings is 1. The van der Waals surface area contributed by atoms with E-state index in [2.05, 4.69) is 15.4 Å². The Morgan fingerprint density at radius 2 is 2.00 bits per heavy atom. The number of hydrogen-bond donors (Lipinski definition) is 1. The Bertz CT molecular complexity index is 628. The maximum Gasteiger partial charge on any atom is 0.217 e. The van der Waals surface area contributed by atoms with E-state index in [0.29, 0.717) is 25.3 Å². The van der Waals surface area contributed by atoms with Crippen LogP contribution in [-0.4, -0.2) is 32.7 Å². The zero-order valence-electron chi connectivity index (χ0n) is 12.5. The van der Waals surface area contributed by atoms with Crippen LogP contribution in [0.15, 0.2) is 12.1 Å². The summed E-state index contributed by atoms with van der Waals surface area (Å²) in [6.45, 7) is 4.40. The highest BCUT2D eigenvalue weighted by molar-refractivity contribution is 5.73. The predicted octanol–water partition coefficient (Wildman–Crippen LogP) is 1.14. The molecular weight excluding hydrogens is 270 g/mol. The highest BCUT2D eigenvalue weighted by atomic mass is 16.5. The summed E-state index contributed by atoms with van der Waals surface area (Å²) in [5.74, 6) is 1.10. The van der Waals surface area contributed by atoms with Crippen LogP contribution >= 0.6 is 0 Å². The molecule has 0 aliphatic rings. The molecule has 0 aliphatic carbocycles. The number of rotatable bonds is 6. The van der Waals surface area contributed by atoms with Crippen molar-refractivity contribution in [3.8, 4) is 17.1 Å². The van der Waals surface area contributed by atoms with Gasteiger partial charge in [0.1, 0.15) is 5.75 Å². The van der Waals surface area contributed by atoms with Gasteiger partial charge in [-0.05, 0) is 48.7 Å². The summed E-state index contributed by atoms with van der Waals surface area (Å²) in [5, 5.41) is 12.0. The number of carbonyl (C=O) groups excluding carboxylic acids is 1. The van der Waals surface area contributed by atoms with E-state index in [-0.39, 0.29) is 5.91 Å². The monoisotopic (exact) mass is 289 g/mol. The highest BCUT2D eigenvalue weighted by Gasteiger charge is 2.11. The van der Waals surface area contributed by atoms with Crippen molar-refractivity contribution >= 4 is 5.91 Å². The van der Waals surface area contributed by atoms with Gasteiger partial charge in [-0.3, -0.25) is 4.79 Å². The third-order valence-corrected chi connectivity index (χ3v) is 3.04. The summed E-state index contributed by atoms with van der Waals surface area (Å²) in [4.78, 5) is 12.1. The van der Waals surface area contributed by atoms with Gasteiger partial charge in [0, 0.05) is 12.0 Å². The molecule has 21 heavy (non-hydrogen) atoms. The fraction of sp³-hybridized carbons (Fsp3) is 0.429. The SMILES string of the molecule is Cc1cc(-c2nnn(C)n2)cc(C)c1OCCCC(N)=O. The molecule has 0 bridgehead atoms. The first-order valence-corrected chi connectivity index (χ1v) is 6.74. The maximum absolute atomic E-state index is 10.7. The molecular formula is C14H19N5O2. The lowest BCUT2D eigenvalue weighted by Crippen LogP contribution is -2.12. The van der Waals surface area contributed by atoms with E-state index in [1.165, 1.54) is 4.80 Å². The van der Waals surface area contributed by atoms with E-state index >= 15 is 0 Å². The van der Waals surface area contributed by atoms with Gasteiger partial charge >= 0.3 is 0 Å². The molecule has 7 nitrogen and oxygen atoms in total.